The number of rotatable bonds is 2. The molecule has 0 unspecified atom stereocenters. The zero-order valence-electron chi connectivity index (χ0n) is 7.27. The number of hydrogen-bond acceptors (Lipinski definition) is 1. The molecule has 3 heteroatoms. The maximum Gasteiger partial charge on any atom is 0.129 e. The van der Waals surface area contributed by atoms with Gasteiger partial charge < -0.3 is 0 Å². The molecule has 1 nitrogen and oxygen atoms in total. The van der Waals surface area contributed by atoms with E-state index in [0.29, 0.717) is 12.0 Å². The first-order valence-corrected chi connectivity index (χ1v) is 3.96. The fraction of sp³-hybridized carbons (Fsp3) is 0.300. The summed E-state index contributed by atoms with van der Waals surface area (Å²) in [5.74, 6) is -1.10. The fourth-order valence-electron chi connectivity index (χ4n) is 1.04. The number of halogens is 2. The summed E-state index contributed by atoms with van der Waals surface area (Å²) in [7, 11) is 0. The molecule has 68 valence electrons. The summed E-state index contributed by atoms with van der Waals surface area (Å²) in [4.78, 5) is 0. The van der Waals surface area contributed by atoms with Crippen molar-refractivity contribution in [2.24, 2.45) is 0 Å². The Morgan fingerprint density at radius 1 is 1.31 bits per heavy atom. The molecule has 0 atom stereocenters. The van der Waals surface area contributed by atoms with Crippen molar-refractivity contribution in [1.29, 1.82) is 5.26 Å². The van der Waals surface area contributed by atoms with E-state index in [0.717, 1.165) is 0 Å². The smallest absolute Gasteiger partial charge is 0.129 e. The summed E-state index contributed by atoms with van der Waals surface area (Å²) >= 11 is 0. The summed E-state index contributed by atoms with van der Waals surface area (Å²) in [5.41, 5.74) is 0.558. The lowest BCUT2D eigenvalue weighted by atomic mass is 10.1. The van der Waals surface area contributed by atoms with Crippen LogP contribution in [0.4, 0.5) is 8.78 Å². The van der Waals surface area contributed by atoms with E-state index in [-0.39, 0.29) is 12.0 Å². The Morgan fingerprint density at radius 2 is 1.85 bits per heavy atom. The van der Waals surface area contributed by atoms with Gasteiger partial charge in [0.15, 0.2) is 0 Å². The van der Waals surface area contributed by atoms with Gasteiger partial charge in [-0.1, -0.05) is 0 Å². The largest absolute Gasteiger partial charge is 0.207 e. The summed E-state index contributed by atoms with van der Waals surface area (Å²) in [6.07, 6.45) is 0.673. The van der Waals surface area contributed by atoms with E-state index in [1.165, 1.54) is 19.1 Å². The van der Waals surface area contributed by atoms with E-state index in [1.807, 2.05) is 6.07 Å². The van der Waals surface area contributed by atoms with Gasteiger partial charge in [0.1, 0.15) is 11.6 Å². The lowest BCUT2D eigenvalue weighted by Gasteiger charge is -2.02. The molecule has 1 rings (SSSR count). The summed E-state index contributed by atoms with van der Waals surface area (Å²) < 4.78 is 25.9. The van der Waals surface area contributed by atoms with Crippen molar-refractivity contribution >= 4 is 0 Å². The molecule has 0 N–H and O–H groups in total. The van der Waals surface area contributed by atoms with Crippen LogP contribution in [0.3, 0.4) is 0 Å². The highest BCUT2D eigenvalue weighted by Crippen LogP contribution is 2.15. The molecule has 0 amide bonds. The van der Waals surface area contributed by atoms with Crippen molar-refractivity contribution in [3.63, 3.8) is 0 Å². The number of nitrogens with zero attached hydrogens (tertiary/aromatic N) is 1. The predicted octanol–water partition coefficient (Wildman–Crippen LogP) is 2.73. The Kier molecular flexibility index (Phi) is 2.97. The Labute approximate surface area is 75.6 Å². The van der Waals surface area contributed by atoms with Gasteiger partial charge in [0.25, 0.3) is 0 Å². The molecule has 0 aliphatic rings. The summed E-state index contributed by atoms with van der Waals surface area (Å²) in [6, 6.07) is 4.47. The van der Waals surface area contributed by atoms with Crippen molar-refractivity contribution in [3.8, 4) is 6.07 Å². The van der Waals surface area contributed by atoms with Crippen LogP contribution >= 0.6 is 0 Å². The van der Waals surface area contributed by atoms with Crippen LogP contribution in [0.2, 0.25) is 0 Å². The Bertz CT molecular complexity index is 329. The van der Waals surface area contributed by atoms with Gasteiger partial charge in [0, 0.05) is 12.0 Å². The molecule has 0 saturated carbocycles. The first-order valence-electron chi connectivity index (χ1n) is 3.96. The van der Waals surface area contributed by atoms with Gasteiger partial charge in [-0.25, -0.2) is 8.78 Å². The number of aryl methyl sites for hydroxylation is 1. The highest BCUT2D eigenvalue weighted by atomic mass is 19.1. The average Bonchev–Trinajstić information content (AvgIpc) is 2.10. The van der Waals surface area contributed by atoms with Gasteiger partial charge in [-0.15, -0.1) is 0 Å². The van der Waals surface area contributed by atoms with Crippen molar-refractivity contribution in [1.82, 2.24) is 0 Å². The maximum atomic E-state index is 12.9. The molecule has 0 radical (unpaired) electrons. The lowest BCUT2D eigenvalue weighted by Crippen LogP contribution is -1.93. The standard InChI is InChI=1S/C10H9F2N/c1-7-9(11)5-8(3-2-4-13)6-10(7)12/h5-6H,2-3H2,1H3. The topological polar surface area (TPSA) is 23.8 Å². The Hall–Kier alpha value is -1.43. The molecule has 0 bridgehead atoms. The van der Waals surface area contributed by atoms with Gasteiger partial charge >= 0.3 is 0 Å². The molecule has 13 heavy (non-hydrogen) atoms. The number of nitriles is 1. The number of hydrogen-bond donors (Lipinski definition) is 0. The SMILES string of the molecule is Cc1c(F)cc(CCC#N)cc1F. The van der Waals surface area contributed by atoms with Crippen LogP contribution < -0.4 is 0 Å². The molecular formula is C10H9F2N. The Balaban J connectivity index is 2.94. The van der Waals surface area contributed by atoms with E-state index < -0.39 is 11.6 Å². The van der Waals surface area contributed by atoms with Gasteiger partial charge in [-0.3, -0.25) is 0 Å². The van der Waals surface area contributed by atoms with Crippen LogP contribution in [0.25, 0.3) is 0 Å². The second-order valence-electron chi connectivity index (χ2n) is 2.84. The minimum atomic E-state index is -0.548. The Morgan fingerprint density at radius 3 is 2.31 bits per heavy atom. The molecule has 0 aliphatic carbocycles. The van der Waals surface area contributed by atoms with Gasteiger partial charge in [0.05, 0.1) is 6.07 Å². The minimum absolute atomic E-state index is 0.0284. The van der Waals surface area contributed by atoms with Crippen LogP contribution in [0, 0.1) is 29.9 Å². The first-order chi connectivity index (χ1) is 6.15. The van der Waals surface area contributed by atoms with Crippen LogP contribution in [0.15, 0.2) is 12.1 Å². The lowest BCUT2D eigenvalue weighted by molar-refractivity contribution is 0.564. The van der Waals surface area contributed by atoms with Gasteiger partial charge in [0.2, 0.25) is 0 Å². The monoisotopic (exact) mass is 181 g/mol. The highest BCUT2D eigenvalue weighted by Gasteiger charge is 2.05. The molecular weight excluding hydrogens is 172 g/mol. The minimum Gasteiger partial charge on any atom is -0.207 e. The molecule has 0 aliphatic heterocycles. The second kappa shape index (κ2) is 3.99. The zero-order valence-corrected chi connectivity index (χ0v) is 7.27. The van der Waals surface area contributed by atoms with E-state index in [4.69, 9.17) is 5.26 Å². The highest BCUT2D eigenvalue weighted by molar-refractivity contribution is 5.25. The summed E-state index contributed by atoms with van der Waals surface area (Å²) in [5, 5.41) is 8.28. The second-order valence-corrected chi connectivity index (χ2v) is 2.84. The van der Waals surface area contributed by atoms with Crippen molar-refractivity contribution in [2.75, 3.05) is 0 Å². The van der Waals surface area contributed by atoms with Crippen LogP contribution in [-0.2, 0) is 6.42 Å². The van der Waals surface area contributed by atoms with Crippen molar-refractivity contribution < 1.29 is 8.78 Å². The summed E-state index contributed by atoms with van der Waals surface area (Å²) in [6.45, 7) is 1.39. The van der Waals surface area contributed by atoms with Crippen LogP contribution in [-0.4, -0.2) is 0 Å². The van der Waals surface area contributed by atoms with E-state index in [1.54, 1.807) is 0 Å². The van der Waals surface area contributed by atoms with Gasteiger partial charge in [-0.2, -0.15) is 5.26 Å². The fourth-order valence-corrected chi connectivity index (χ4v) is 1.04. The molecule has 0 aromatic heterocycles. The van der Waals surface area contributed by atoms with E-state index in [2.05, 4.69) is 0 Å². The third kappa shape index (κ3) is 2.25. The molecule has 0 fully saturated rings. The van der Waals surface area contributed by atoms with Crippen molar-refractivity contribution in [2.45, 2.75) is 19.8 Å². The average molecular weight is 181 g/mol. The first kappa shape index (κ1) is 9.66. The molecule has 0 heterocycles. The van der Waals surface area contributed by atoms with Crippen LogP contribution in [0.1, 0.15) is 17.5 Å². The van der Waals surface area contributed by atoms with E-state index >= 15 is 0 Å². The zero-order chi connectivity index (χ0) is 9.84. The normalized spacial score (nSPS) is 9.69. The van der Waals surface area contributed by atoms with Gasteiger partial charge in [-0.05, 0) is 31.0 Å². The third-order valence-corrected chi connectivity index (χ3v) is 1.87. The molecule has 1 aromatic rings. The number of benzene rings is 1. The maximum absolute atomic E-state index is 12.9. The molecule has 0 saturated heterocycles. The molecule has 0 spiro atoms. The van der Waals surface area contributed by atoms with Crippen molar-refractivity contribution in [3.05, 3.63) is 34.9 Å². The van der Waals surface area contributed by atoms with Crippen LogP contribution in [0.5, 0.6) is 0 Å². The molecule has 1 aromatic carbocycles. The third-order valence-electron chi connectivity index (χ3n) is 1.87. The van der Waals surface area contributed by atoms with E-state index in [9.17, 15) is 8.78 Å². The quantitative estimate of drug-likeness (QED) is 0.688. The predicted molar refractivity (Wildman–Crippen MR) is 45.0 cm³/mol.